The quantitative estimate of drug-likeness (QED) is 0.793. The number of aromatic nitrogens is 2. The molecule has 2 aromatic rings. The zero-order valence-electron chi connectivity index (χ0n) is 16.8. The van der Waals surface area contributed by atoms with Crippen LogP contribution in [0, 0.1) is 0 Å². The van der Waals surface area contributed by atoms with Crippen LogP contribution in [-0.4, -0.2) is 68.0 Å². The van der Waals surface area contributed by atoms with Crippen molar-refractivity contribution in [3.63, 3.8) is 0 Å². The minimum atomic E-state index is -0.0589. The maximum absolute atomic E-state index is 11.7. The highest BCUT2D eigenvalue weighted by molar-refractivity contribution is 5.85. The lowest BCUT2D eigenvalue weighted by Gasteiger charge is -2.31. The first-order valence-electron chi connectivity index (χ1n) is 10.3. The Labute approximate surface area is 170 Å². The molecule has 0 bridgehead atoms. The van der Waals surface area contributed by atoms with Crippen LogP contribution in [0.5, 0.6) is 5.75 Å². The van der Waals surface area contributed by atoms with Gasteiger partial charge in [0.2, 0.25) is 5.91 Å². The summed E-state index contributed by atoms with van der Waals surface area (Å²) in [5, 5.41) is 3.03. The van der Waals surface area contributed by atoms with E-state index in [1.165, 1.54) is 7.11 Å². The first-order valence-corrected chi connectivity index (χ1v) is 10.3. The van der Waals surface area contributed by atoms with Crippen molar-refractivity contribution >= 4 is 22.6 Å². The molecular weight excluding hydrogens is 372 g/mol. The predicted octanol–water partition coefficient (Wildman–Crippen LogP) is 1.92. The molecule has 1 aromatic carbocycles. The first-order chi connectivity index (χ1) is 14.2. The molecule has 2 aliphatic rings. The van der Waals surface area contributed by atoms with Crippen LogP contribution in [0.25, 0.3) is 11.0 Å². The molecule has 0 spiro atoms. The lowest BCUT2D eigenvalue weighted by molar-refractivity contribution is -0.125. The molecule has 1 amide bonds. The van der Waals surface area contributed by atoms with Crippen LogP contribution in [0.3, 0.4) is 0 Å². The lowest BCUT2D eigenvalue weighted by atomic mass is 9.93. The van der Waals surface area contributed by atoms with Gasteiger partial charge in [-0.2, -0.15) is 0 Å². The van der Waals surface area contributed by atoms with Crippen molar-refractivity contribution < 1.29 is 19.0 Å². The van der Waals surface area contributed by atoms with E-state index >= 15 is 0 Å². The third kappa shape index (κ3) is 4.94. The van der Waals surface area contributed by atoms with E-state index in [9.17, 15) is 4.79 Å². The fourth-order valence-corrected chi connectivity index (χ4v) is 4.03. The molecule has 0 atom stereocenters. The van der Waals surface area contributed by atoms with Gasteiger partial charge >= 0.3 is 0 Å². The number of morpholine rings is 1. The molecule has 1 aliphatic carbocycles. The van der Waals surface area contributed by atoms with E-state index in [2.05, 4.69) is 32.3 Å². The normalized spacial score (nSPS) is 22.4. The molecule has 8 heteroatoms. The van der Waals surface area contributed by atoms with Gasteiger partial charge in [0.1, 0.15) is 17.9 Å². The lowest BCUT2D eigenvalue weighted by Crippen LogP contribution is -2.41. The maximum atomic E-state index is 11.7. The summed E-state index contributed by atoms with van der Waals surface area (Å²) in [5.74, 6) is 0.723. The largest absolute Gasteiger partial charge is 0.488 e. The molecule has 4 rings (SSSR count). The number of hydrogen-bond acceptors (Lipinski definition) is 7. The molecule has 1 aliphatic heterocycles. The molecule has 2 heterocycles. The van der Waals surface area contributed by atoms with Crippen LogP contribution in [0.4, 0.5) is 5.69 Å². The molecule has 1 saturated carbocycles. The number of benzene rings is 1. The molecule has 0 radical (unpaired) electrons. The second-order valence-electron chi connectivity index (χ2n) is 7.56. The standard InChI is InChI=1S/C21H28N4O4/c1-27-14-20(26)24-15-2-4-17(5-3-15)29-19-13-16(25-8-10-28-11-9-25)12-18-21(19)23-7-6-22-18/h6-7,12-13,15,17H,2-5,8-11,14H2,1H3,(H,24,26)/t15-,17+. The zero-order valence-corrected chi connectivity index (χ0v) is 16.8. The van der Waals surface area contributed by atoms with Crippen molar-refractivity contribution in [3.05, 3.63) is 24.5 Å². The highest BCUT2D eigenvalue weighted by atomic mass is 16.5. The molecule has 1 aromatic heterocycles. The summed E-state index contributed by atoms with van der Waals surface area (Å²) in [6, 6.07) is 4.34. The number of nitrogens with zero attached hydrogens (tertiary/aromatic N) is 3. The highest BCUT2D eigenvalue weighted by Crippen LogP contribution is 2.32. The van der Waals surface area contributed by atoms with Crippen molar-refractivity contribution in [1.82, 2.24) is 15.3 Å². The van der Waals surface area contributed by atoms with Gasteiger partial charge in [0.15, 0.2) is 0 Å². The molecule has 2 fully saturated rings. The van der Waals surface area contributed by atoms with Crippen LogP contribution in [0.15, 0.2) is 24.5 Å². The van der Waals surface area contributed by atoms with Gasteiger partial charge in [-0.15, -0.1) is 0 Å². The van der Waals surface area contributed by atoms with Gasteiger partial charge in [-0.1, -0.05) is 0 Å². The Hall–Kier alpha value is -2.45. The minimum absolute atomic E-state index is 0.0589. The SMILES string of the molecule is COCC(=O)N[C@H]1CC[C@@H](Oc2cc(N3CCOCC3)cc3nccnc23)CC1. The van der Waals surface area contributed by atoms with Crippen molar-refractivity contribution in [2.75, 3.05) is 44.9 Å². The number of rotatable bonds is 6. The molecular formula is C21H28N4O4. The van der Waals surface area contributed by atoms with Crippen LogP contribution in [-0.2, 0) is 14.3 Å². The Bertz CT molecular complexity index is 833. The topological polar surface area (TPSA) is 85.8 Å². The smallest absolute Gasteiger partial charge is 0.246 e. The van der Waals surface area contributed by atoms with Gasteiger partial charge in [-0.05, 0) is 31.7 Å². The number of carbonyl (C=O) groups is 1. The Kier molecular flexibility index (Phi) is 6.41. The average Bonchev–Trinajstić information content (AvgIpc) is 2.76. The summed E-state index contributed by atoms with van der Waals surface area (Å²) >= 11 is 0. The van der Waals surface area contributed by atoms with E-state index in [0.717, 1.165) is 74.5 Å². The maximum Gasteiger partial charge on any atom is 0.246 e. The molecule has 1 N–H and O–H groups in total. The molecule has 29 heavy (non-hydrogen) atoms. The van der Waals surface area contributed by atoms with Crippen molar-refractivity contribution in [2.24, 2.45) is 0 Å². The first kappa shape index (κ1) is 19.8. The summed E-state index contributed by atoms with van der Waals surface area (Å²) < 4.78 is 16.8. The summed E-state index contributed by atoms with van der Waals surface area (Å²) in [4.78, 5) is 23.0. The van der Waals surface area contributed by atoms with Crippen LogP contribution < -0.4 is 15.0 Å². The molecule has 156 valence electrons. The summed E-state index contributed by atoms with van der Waals surface area (Å²) in [7, 11) is 1.53. The number of anilines is 1. The third-order valence-electron chi connectivity index (χ3n) is 5.51. The minimum Gasteiger partial charge on any atom is -0.488 e. The fraction of sp³-hybridized carbons (Fsp3) is 0.571. The molecule has 1 saturated heterocycles. The third-order valence-corrected chi connectivity index (χ3v) is 5.51. The van der Waals surface area contributed by atoms with E-state index in [-0.39, 0.29) is 24.7 Å². The van der Waals surface area contributed by atoms with Crippen molar-refractivity contribution in [1.29, 1.82) is 0 Å². The van der Waals surface area contributed by atoms with E-state index in [0.29, 0.717) is 0 Å². The van der Waals surface area contributed by atoms with E-state index in [4.69, 9.17) is 14.2 Å². The number of nitrogens with one attached hydrogen (secondary N) is 1. The molecule has 0 unspecified atom stereocenters. The van der Waals surface area contributed by atoms with Gasteiger partial charge in [0.25, 0.3) is 0 Å². The highest BCUT2D eigenvalue weighted by Gasteiger charge is 2.25. The second-order valence-corrected chi connectivity index (χ2v) is 7.56. The van der Waals surface area contributed by atoms with Crippen LogP contribution >= 0.6 is 0 Å². The Morgan fingerprint density at radius 1 is 1.17 bits per heavy atom. The van der Waals surface area contributed by atoms with Crippen molar-refractivity contribution in [2.45, 2.75) is 37.8 Å². The number of fused-ring (bicyclic) bond motifs is 1. The monoisotopic (exact) mass is 400 g/mol. The van der Waals surface area contributed by atoms with E-state index < -0.39 is 0 Å². The number of amides is 1. The Balaban J connectivity index is 1.45. The van der Waals surface area contributed by atoms with E-state index in [1.807, 2.05) is 0 Å². The predicted molar refractivity (Wildman–Crippen MR) is 109 cm³/mol. The number of carbonyl (C=O) groups excluding carboxylic acids is 1. The average molecular weight is 400 g/mol. The fourth-order valence-electron chi connectivity index (χ4n) is 4.03. The summed E-state index contributed by atoms with van der Waals surface area (Å²) in [5.41, 5.74) is 2.73. The van der Waals surface area contributed by atoms with Gasteiger partial charge in [0.05, 0.1) is 24.8 Å². The molecule has 8 nitrogen and oxygen atoms in total. The van der Waals surface area contributed by atoms with E-state index in [1.54, 1.807) is 12.4 Å². The Morgan fingerprint density at radius 2 is 1.93 bits per heavy atom. The van der Waals surface area contributed by atoms with Crippen LogP contribution in [0.2, 0.25) is 0 Å². The van der Waals surface area contributed by atoms with Gasteiger partial charge < -0.3 is 24.4 Å². The number of methoxy groups -OCH3 is 1. The Morgan fingerprint density at radius 3 is 2.69 bits per heavy atom. The van der Waals surface area contributed by atoms with Gasteiger partial charge in [-0.3, -0.25) is 9.78 Å². The summed E-state index contributed by atoms with van der Waals surface area (Å²) in [6.45, 7) is 3.28. The number of hydrogen-bond donors (Lipinski definition) is 1. The van der Waals surface area contributed by atoms with Gasteiger partial charge in [-0.25, -0.2) is 4.98 Å². The zero-order chi connectivity index (χ0) is 20.1. The summed E-state index contributed by atoms with van der Waals surface area (Å²) in [6.07, 6.45) is 7.09. The van der Waals surface area contributed by atoms with Crippen LogP contribution in [0.1, 0.15) is 25.7 Å². The van der Waals surface area contributed by atoms with Gasteiger partial charge in [0, 0.05) is 50.4 Å². The van der Waals surface area contributed by atoms with Crippen molar-refractivity contribution in [3.8, 4) is 5.75 Å². The number of ether oxygens (including phenoxy) is 3. The second kappa shape index (κ2) is 9.37.